The molecule has 2 aromatic carbocycles. The highest BCUT2D eigenvalue weighted by molar-refractivity contribution is 6.03. The van der Waals surface area contributed by atoms with Crippen LogP contribution in [0.1, 0.15) is 32.0 Å². The van der Waals surface area contributed by atoms with E-state index in [2.05, 4.69) is 10.6 Å². The number of benzene rings is 2. The maximum atomic E-state index is 12.4. The van der Waals surface area contributed by atoms with E-state index in [9.17, 15) is 9.59 Å². The van der Waals surface area contributed by atoms with Crippen LogP contribution in [-0.4, -0.2) is 25.0 Å². The van der Waals surface area contributed by atoms with Crippen LogP contribution in [-0.2, 0) is 0 Å². The highest BCUT2D eigenvalue weighted by Gasteiger charge is 2.11. The van der Waals surface area contributed by atoms with Crippen molar-refractivity contribution in [2.24, 2.45) is 0 Å². The zero-order valence-corrected chi connectivity index (χ0v) is 15.8. The number of amides is 2. The predicted molar refractivity (Wildman–Crippen MR) is 107 cm³/mol. The fraction of sp³-hybridized carbons (Fsp3) is 0.182. The lowest BCUT2D eigenvalue weighted by molar-refractivity contribution is 0.0945. The van der Waals surface area contributed by atoms with Crippen LogP contribution in [0.3, 0.4) is 0 Å². The molecule has 0 spiro atoms. The number of carbonyl (C=O) groups is 2. The Labute approximate surface area is 163 Å². The Morgan fingerprint density at radius 1 is 0.964 bits per heavy atom. The third kappa shape index (κ3) is 4.79. The Kier molecular flexibility index (Phi) is 6.11. The number of hydrogen-bond donors (Lipinski definition) is 2. The van der Waals surface area contributed by atoms with Crippen LogP contribution in [0.5, 0.6) is 5.75 Å². The minimum Gasteiger partial charge on any atom is -0.491 e. The van der Waals surface area contributed by atoms with Gasteiger partial charge in [-0.05, 0) is 55.3 Å². The maximum absolute atomic E-state index is 12.4. The second kappa shape index (κ2) is 8.90. The van der Waals surface area contributed by atoms with Crippen molar-refractivity contribution < 1.29 is 18.7 Å². The molecule has 28 heavy (non-hydrogen) atoms. The van der Waals surface area contributed by atoms with Gasteiger partial charge in [-0.2, -0.15) is 0 Å². The van der Waals surface area contributed by atoms with E-state index in [-0.39, 0.29) is 17.6 Å². The lowest BCUT2D eigenvalue weighted by Gasteiger charge is -2.12. The van der Waals surface area contributed by atoms with E-state index in [1.54, 1.807) is 36.4 Å². The average Bonchev–Trinajstić information content (AvgIpc) is 3.22. The molecule has 2 N–H and O–H groups in total. The van der Waals surface area contributed by atoms with Gasteiger partial charge in [0.1, 0.15) is 12.4 Å². The molecule has 6 nitrogen and oxygen atoms in total. The van der Waals surface area contributed by atoms with Gasteiger partial charge in [-0.1, -0.05) is 24.3 Å². The Bertz CT molecular complexity index is 944. The summed E-state index contributed by atoms with van der Waals surface area (Å²) in [5.41, 5.74) is 3.09. The number of ether oxygens (including phenoxy) is 1. The lowest BCUT2D eigenvalue weighted by atomic mass is 10.1. The number of carbonyl (C=O) groups excluding carboxylic acids is 2. The summed E-state index contributed by atoms with van der Waals surface area (Å²) in [6.07, 6.45) is 1.43. The van der Waals surface area contributed by atoms with Crippen molar-refractivity contribution in [2.45, 2.75) is 13.8 Å². The first kappa shape index (κ1) is 19.2. The molecule has 0 unspecified atom stereocenters. The zero-order chi connectivity index (χ0) is 19.9. The molecule has 2 amide bonds. The Balaban J connectivity index is 1.52. The van der Waals surface area contributed by atoms with Crippen LogP contribution in [0.4, 0.5) is 5.69 Å². The van der Waals surface area contributed by atoms with Crippen LogP contribution >= 0.6 is 0 Å². The quantitative estimate of drug-likeness (QED) is 0.610. The first-order chi connectivity index (χ1) is 13.5. The van der Waals surface area contributed by atoms with Gasteiger partial charge in [-0.15, -0.1) is 0 Å². The van der Waals surface area contributed by atoms with Crippen molar-refractivity contribution in [1.29, 1.82) is 0 Å². The number of aryl methyl sites for hydroxylation is 2. The number of anilines is 1. The Morgan fingerprint density at radius 3 is 2.43 bits per heavy atom. The number of furan rings is 1. The van der Waals surface area contributed by atoms with E-state index >= 15 is 0 Å². The molecule has 3 aromatic rings. The molecule has 6 heteroatoms. The van der Waals surface area contributed by atoms with Crippen molar-refractivity contribution in [2.75, 3.05) is 18.5 Å². The summed E-state index contributed by atoms with van der Waals surface area (Å²) in [6.45, 7) is 4.72. The Hall–Kier alpha value is -3.54. The minimum atomic E-state index is -0.371. The molecular weight excluding hydrogens is 356 g/mol. The van der Waals surface area contributed by atoms with Gasteiger partial charge in [0.15, 0.2) is 5.76 Å². The van der Waals surface area contributed by atoms with E-state index in [4.69, 9.17) is 9.15 Å². The molecule has 3 rings (SSSR count). The molecule has 0 saturated carbocycles. The number of hydrogen-bond acceptors (Lipinski definition) is 4. The van der Waals surface area contributed by atoms with E-state index < -0.39 is 0 Å². The van der Waals surface area contributed by atoms with Gasteiger partial charge in [0.2, 0.25) is 0 Å². The molecule has 0 atom stereocenters. The predicted octanol–water partition coefficient (Wildman–Crippen LogP) is 3.96. The van der Waals surface area contributed by atoms with E-state index in [0.29, 0.717) is 24.4 Å². The van der Waals surface area contributed by atoms with E-state index in [1.165, 1.54) is 6.26 Å². The standard InChI is InChI=1S/C22H22N2O4/c1-15-6-3-7-16(2)20(15)28-13-11-23-21(25)17-8-4-9-18(14-17)24-22(26)19-10-5-12-27-19/h3-10,12,14H,11,13H2,1-2H3,(H,23,25)(H,24,26). The fourth-order valence-electron chi connectivity index (χ4n) is 2.79. The number of nitrogens with one attached hydrogen (secondary N) is 2. The molecule has 0 radical (unpaired) electrons. The van der Waals surface area contributed by atoms with Crippen molar-refractivity contribution in [1.82, 2.24) is 5.32 Å². The summed E-state index contributed by atoms with van der Waals surface area (Å²) in [7, 11) is 0. The van der Waals surface area contributed by atoms with Gasteiger partial charge in [0.05, 0.1) is 12.8 Å². The smallest absolute Gasteiger partial charge is 0.291 e. The van der Waals surface area contributed by atoms with Crippen molar-refractivity contribution in [3.63, 3.8) is 0 Å². The molecule has 0 bridgehead atoms. The second-order valence-corrected chi connectivity index (χ2v) is 6.34. The summed E-state index contributed by atoms with van der Waals surface area (Å²) in [5, 5.41) is 5.52. The molecule has 1 aromatic heterocycles. The fourth-order valence-corrected chi connectivity index (χ4v) is 2.79. The average molecular weight is 378 g/mol. The maximum Gasteiger partial charge on any atom is 0.291 e. The van der Waals surface area contributed by atoms with Crippen molar-refractivity contribution in [3.05, 3.63) is 83.3 Å². The topological polar surface area (TPSA) is 80.6 Å². The van der Waals surface area contributed by atoms with Crippen LogP contribution in [0.25, 0.3) is 0 Å². The van der Waals surface area contributed by atoms with Crippen LogP contribution in [0, 0.1) is 13.8 Å². The molecule has 0 aliphatic carbocycles. The van der Waals surface area contributed by atoms with Gasteiger partial charge < -0.3 is 19.8 Å². The third-order valence-corrected chi connectivity index (χ3v) is 4.17. The molecule has 144 valence electrons. The second-order valence-electron chi connectivity index (χ2n) is 6.34. The van der Waals surface area contributed by atoms with Crippen LogP contribution < -0.4 is 15.4 Å². The molecule has 0 fully saturated rings. The monoisotopic (exact) mass is 378 g/mol. The number of rotatable bonds is 7. The summed E-state index contributed by atoms with van der Waals surface area (Å²) in [5.74, 6) is 0.446. The molecular formula is C22H22N2O4. The van der Waals surface area contributed by atoms with Crippen molar-refractivity contribution >= 4 is 17.5 Å². The van der Waals surface area contributed by atoms with Crippen LogP contribution in [0.15, 0.2) is 65.3 Å². The van der Waals surface area contributed by atoms with Crippen molar-refractivity contribution in [3.8, 4) is 5.75 Å². The first-order valence-electron chi connectivity index (χ1n) is 8.97. The molecule has 0 aliphatic rings. The number of para-hydroxylation sites is 1. The summed E-state index contributed by atoms with van der Waals surface area (Å²) in [6, 6.07) is 15.9. The molecule has 0 saturated heterocycles. The normalized spacial score (nSPS) is 10.4. The van der Waals surface area contributed by atoms with Gasteiger partial charge >= 0.3 is 0 Å². The van der Waals surface area contributed by atoms with E-state index in [1.807, 2.05) is 32.0 Å². The SMILES string of the molecule is Cc1cccc(C)c1OCCNC(=O)c1cccc(NC(=O)c2ccco2)c1. The summed E-state index contributed by atoms with van der Waals surface area (Å²) < 4.78 is 10.8. The summed E-state index contributed by atoms with van der Waals surface area (Å²) >= 11 is 0. The largest absolute Gasteiger partial charge is 0.491 e. The lowest BCUT2D eigenvalue weighted by Crippen LogP contribution is -2.28. The van der Waals surface area contributed by atoms with Gasteiger partial charge in [-0.25, -0.2) is 0 Å². The minimum absolute atomic E-state index is 0.207. The third-order valence-electron chi connectivity index (χ3n) is 4.17. The first-order valence-corrected chi connectivity index (χ1v) is 8.97. The van der Waals surface area contributed by atoms with Crippen LogP contribution in [0.2, 0.25) is 0 Å². The zero-order valence-electron chi connectivity index (χ0n) is 15.8. The Morgan fingerprint density at radius 2 is 1.71 bits per heavy atom. The van der Waals surface area contributed by atoms with E-state index in [0.717, 1.165) is 16.9 Å². The van der Waals surface area contributed by atoms with Gasteiger partial charge in [0, 0.05) is 11.3 Å². The van der Waals surface area contributed by atoms with Gasteiger partial charge in [-0.3, -0.25) is 9.59 Å². The highest BCUT2D eigenvalue weighted by Crippen LogP contribution is 2.22. The molecule has 1 heterocycles. The highest BCUT2D eigenvalue weighted by atomic mass is 16.5. The summed E-state index contributed by atoms with van der Waals surface area (Å²) in [4.78, 5) is 24.4. The van der Waals surface area contributed by atoms with Gasteiger partial charge in [0.25, 0.3) is 11.8 Å². The molecule has 0 aliphatic heterocycles.